The number of aliphatic imine (C=N–C) groups is 1. The van der Waals surface area contributed by atoms with Gasteiger partial charge in [0.25, 0.3) is 0 Å². The van der Waals surface area contributed by atoms with Gasteiger partial charge in [0.1, 0.15) is 0 Å². The minimum absolute atomic E-state index is 0. The highest BCUT2D eigenvalue weighted by Gasteiger charge is 2.33. The van der Waals surface area contributed by atoms with Gasteiger partial charge in [-0.25, -0.2) is 0 Å². The number of methoxy groups -OCH3 is 1. The molecule has 1 fully saturated rings. The fourth-order valence-corrected chi connectivity index (χ4v) is 3.92. The Kier molecular flexibility index (Phi) is 11.7. The molecule has 0 aliphatic heterocycles. The standard InChI is InChI=1S/C17H35N3O2S.HI/c1-16(2,3)23(21)13-11-19-15(18-4)20-14-17(10-12-22-5)8-6-7-9-17;/h6-14H2,1-5H3,(H2,18,19,20);1H. The second-order valence-electron chi connectivity index (χ2n) is 7.46. The van der Waals surface area contributed by atoms with Crippen LogP contribution < -0.4 is 10.6 Å². The van der Waals surface area contributed by atoms with Gasteiger partial charge in [-0.1, -0.05) is 12.8 Å². The van der Waals surface area contributed by atoms with E-state index in [-0.39, 0.29) is 28.7 Å². The molecule has 0 bridgehead atoms. The average molecular weight is 473 g/mol. The van der Waals surface area contributed by atoms with E-state index in [1.54, 1.807) is 14.2 Å². The Morgan fingerprint density at radius 2 is 1.88 bits per heavy atom. The van der Waals surface area contributed by atoms with Gasteiger partial charge in [0.15, 0.2) is 5.96 Å². The lowest BCUT2D eigenvalue weighted by molar-refractivity contribution is 0.138. The van der Waals surface area contributed by atoms with Gasteiger partial charge >= 0.3 is 0 Å². The van der Waals surface area contributed by atoms with Crippen molar-refractivity contribution in [2.45, 2.75) is 57.6 Å². The van der Waals surface area contributed by atoms with Crippen LogP contribution in [0.1, 0.15) is 52.9 Å². The molecule has 1 atom stereocenters. The molecule has 144 valence electrons. The molecule has 7 heteroatoms. The van der Waals surface area contributed by atoms with Crippen LogP contribution in [0.2, 0.25) is 0 Å². The van der Waals surface area contributed by atoms with E-state index in [4.69, 9.17) is 4.74 Å². The van der Waals surface area contributed by atoms with Crippen molar-refractivity contribution in [1.29, 1.82) is 0 Å². The van der Waals surface area contributed by atoms with Crippen LogP contribution in [-0.4, -0.2) is 54.5 Å². The summed E-state index contributed by atoms with van der Waals surface area (Å²) < 4.78 is 17.2. The lowest BCUT2D eigenvalue weighted by Gasteiger charge is -2.30. The number of hydrogen-bond acceptors (Lipinski definition) is 3. The molecule has 5 nitrogen and oxygen atoms in total. The van der Waals surface area contributed by atoms with E-state index < -0.39 is 10.8 Å². The van der Waals surface area contributed by atoms with Gasteiger partial charge in [0.2, 0.25) is 0 Å². The Bertz CT molecular complexity index is 405. The molecule has 1 aliphatic carbocycles. The lowest BCUT2D eigenvalue weighted by atomic mass is 9.83. The van der Waals surface area contributed by atoms with Gasteiger partial charge in [-0.2, -0.15) is 0 Å². The molecule has 1 rings (SSSR count). The summed E-state index contributed by atoms with van der Waals surface area (Å²) in [4.78, 5) is 4.28. The first-order chi connectivity index (χ1) is 10.8. The van der Waals surface area contributed by atoms with Crippen molar-refractivity contribution in [3.8, 4) is 0 Å². The summed E-state index contributed by atoms with van der Waals surface area (Å²) >= 11 is 0. The summed E-state index contributed by atoms with van der Waals surface area (Å²) in [6, 6.07) is 0. The summed E-state index contributed by atoms with van der Waals surface area (Å²) in [6.45, 7) is 8.45. The van der Waals surface area contributed by atoms with E-state index in [0.717, 1.165) is 25.5 Å². The van der Waals surface area contributed by atoms with Crippen molar-refractivity contribution in [3.05, 3.63) is 0 Å². The third kappa shape index (κ3) is 8.47. The number of rotatable bonds is 8. The van der Waals surface area contributed by atoms with E-state index in [0.29, 0.717) is 17.7 Å². The molecule has 0 radical (unpaired) electrons. The maximum Gasteiger partial charge on any atom is 0.191 e. The fraction of sp³-hybridized carbons (Fsp3) is 0.941. The second kappa shape index (κ2) is 11.7. The summed E-state index contributed by atoms with van der Waals surface area (Å²) in [5, 5.41) is 6.74. The minimum atomic E-state index is -0.836. The number of nitrogens with zero attached hydrogens (tertiary/aromatic N) is 1. The molecular weight excluding hydrogens is 437 g/mol. The molecule has 1 saturated carbocycles. The molecule has 0 spiro atoms. The Morgan fingerprint density at radius 1 is 1.25 bits per heavy atom. The normalized spacial score (nSPS) is 18.8. The maximum atomic E-state index is 12.1. The van der Waals surface area contributed by atoms with Gasteiger partial charge in [-0.05, 0) is 45.4 Å². The molecule has 0 amide bonds. The first-order valence-electron chi connectivity index (χ1n) is 8.65. The topological polar surface area (TPSA) is 62.7 Å². The molecule has 0 aromatic carbocycles. The first kappa shape index (κ1) is 24.1. The largest absolute Gasteiger partial charge is 0.385 e. The van der Waals surface area contributed by atoms with Gasteiger partial charge in [-0.15, -0.1) is 24.0 Å². The zero-order valence-corrected chi connectivity index (χ0v) is 19.1. The highest BCUT2D eigenvalue weighted by molar-refractivity contribution is 14.0. The van der Waals surface area contributed by atoms with Crippen LogP contribution in [0.15, 0.2) is 4.99 Å². The smallest absolute Gasteiger partial charge is 0.191 e. The van der Waals surface area contributed by atoms with E-state index in [2.05, 4.69) is 15.6 Å². The number of guanidine groups is 1. The number of halogens is 1. The fourth-order valence-electron chi connectivity index (χ4n) is 3.02. The average Bonchev–Trinajstić information content (AvgIpc) is 2.96. The third-order valence-corrected chi connectivity index (χ3v) is 6.56. The van der Waals surface area contributed by atoms with Crippen molar-refractivity contribution in [1.82, 2.24) is 10.6 Å². The zero-order chi connectivity index (χ0) is 17.3. The van der Waals surface area contributed by atoms with Crippen molar-refractivity contribution in [3.63, 3.8) is 0 Å². The summed E-state index contributed by atoms with van der Waals surface area (Å²) in [7, 11) is 2.72. The van der Waals surface area contributed by atoms with Crippen molar-refractivity contribution < 1.29 is 8.95 Å². The van der Waals surface area contributed by atoms with E-state index in [9.17, 15) is 4.21 Å². The van der Waals surface area contributed by atoms with Crippen LogP contribution in [0.3, 0.4) is 0 Å². The number of ether oxygens (including phenoxy) is 1. The molecule has 0 aromatic rings. The molecule has 1 unspecified atom stereocenters. The molecule has 1 aliphatic rings. The second-order valence-corrected chi connectivity index (χ2v) is 9.79. The lowest BCUT2D eigenvalue weighted by Crippen LogP contribution is -2.44. The van der Waals surface area contributed by atoms with Crippen LogP contribution in [0.5, 0.6) is 0 Å². The van der Waals surface area contributed by atoms with Crippen LogP contribution in [-0.2, 0) is 15.5 Å². The maximum absolute atomic E-state index is 12.1. The molecule has 0 aromatic heterocycles. The molecular formula is C17H36IN3O2S. The molecule has 24 heavy (non-hydrogen) atoms. The zero-order valence-electron chi connectivity index (χ0n) is 15.9. The van der Waals surface area contributed by atoms with Crippen LogP contribution in [0.4, 0.5) is 0 Å². The predicted molar refractivity (Wildman–Crippen MR) is 115 cm³/mol. The van der Waals surface area contributed by atoms with Crippen molar-refractivity contribution in [2.75, 3.05) is 39.6 Å². The van der Waals surface area contributed by atoms with E-state index in [1.165, 1.54) is 25.7 Å². The third-order valence-electron chi connectivity index (χ3n) is 4.62. The minimum Gasteiger partial charge on any atom is -0.385 e. The van der Waals surface area contributed by atoms with Gasteiger partial charge in [0.05, 0.1) is 0 Å². The molecule has 0 saturated heterocycles. The number of nitrogens with one attached hydrogen (secondary N) is 2. The van der Waals surface area contributed by atoms with Crippen molar-refractivity contribution in [2.24, 2.45) is 10.4 Å². The van der Waals surface area contributed by atoms with Crippen LogP contribution >= 0.6 is 24.0 Å². The molecule has 0 heterocycles. The first-order valence-corrected chi connectivity index (χ1v) is 9.97. The van der Waals surface area contributed by atoms with E-state index >= 15 is 0 Å². The summed E-state index contributed by atoms with van der Waals surface area (Å²) in [6.07, 6.45) is 6.23. The number of hydrogen-bond donors (Lipinski definition) is 2. The Labute approximate surface area is 167 Å². The summed E-state index contributed by atoms with van der Waals surface area (Å²) in [5.41, 5.74) is 0.335. The highest BCUT2D eigenvalue weighted by Crippen LogP contribution is 2.40. The van der Waals surface area contributed by atoms with E-state index in [1.807, 2.05) is 20.8 Å². The SMILES string of the molecule is CN=C(NCCS(=O)C(C)(C)C)NCC1(CCOC)CCCC1.I. The monoisotopic (exact) mass is 473 g/mol. The Balaban J connectivity index is 0.00000529. The highest BCUT2D eigenvalue weighted by atomic mass is 127. The Hall–Kier alpha value is 0.110. The Morgan fingerprint density at radius 3 is 2.38 bits per heavy atom. The van der Waals surface area contributed by atoms with Crippen LogP contribution in [0.25, 0.3) is 0 Å². The van der Waals surface area contributed by atoms with Crippen LogP contribution in [0, 0.1) is 5.41 Å². The van der Waals surface area contributed by atoms with Gasteiger partial charge < -0.3 is 15.4 Å². The quantitative estimate of drug-likeness (QED) is 0.323. The van der Waals surface area contributed by atoms with Gasteiger partial charge in [-0.3, -0.25) is 9.20 Å². The van der Waals surface area contributed by atoms with Crippen molar-refractivity contribution >= 4 is 40.7 Å². The summed E-state index contributed by atoms with van der Waals surface area (Å²) in [5.74, 6) is 1.44. The van der Waals surface area contributed by atoms with Gasteiger partial charge in [0, 0.05) is 55.2 Å². The predicted octanol–water partition coefficient (Wildman–Crippen LogP) is 2.91. The molecule has 2 N–H and O–H groups in total.